The summed E-state index contributed by atoms with van der Waals surface area (Å²) < 4.78 is 5.62. The van der Waals surface area contributed by atoms with Gasteiger partial charge < -0.3 is 4.74 Å². The third kappa shape index (κ3) is 2.98. The minimum absolute atomic E-state index is 0.304. The van der Waals surface area contributed by atoms with Crippen molar-refractivity contribution < 1.29 is 4.74 Å². The van der Waals surface area contributed by atoms with Gasteiger partial charge in [0.25, 0.3) is 0 Å². The lowest BCUT2D eigenvalue weighted by molar-refractivity contribution is 0.154. The molecule has 0 amide bonds. The van der Waals surface area contributed by atoms with E-state index in [1.54, 1.807) is 0 Å². The number of hydrogen-bond acceptors (Lipinski definition) is 2. The van der Waals surface area contributed by atoms with Crippen molar-refractivity contribution in [1.29, 1.82) is 0 Å². The standard InChI is InChI=1S/C23H17NO/c1-2-14-25-16-19-15-22(18-9-4-3-5-10-18)24-23-20-11-7-6-8-17(20)12-13-21(19)23/h1,3-13,15H,14,16H2. The lowest BCUT2D eigenvalue weighted by Gasteiger charge is -2.12. The average Bonchev–Trinajstić information content (AvgIpc) is 2.68. The van der Waals surface area contributed by atoms with E-state index in [0.29, 0.717) is 13.2 Å². The molecule has 4 rings (SSSR count). The van der Waals surface area contributed by atoms with Crippen LogP contribution in [0.5, 0.6) is 0 Å². The summed E-state index contributed by atoms with van der Waals surface area (Å²) in [5.41, 5.74) is 4.14. The molecule has 1 heterocycles. The zero-order valence-corrected chi connectivity index (χ0v) is 13.8. The fourth-order valence-corrected chi connectivity index (χ4v) is 3.13. The number of fused-ring (bicyclic) bond motifs is 3. The highest BCUT2D eigenvalue weighted by molar-refractivity contribution is 6.06. The molecular weight excluding hydrogens is 306 g/mol. The van der Waals surface area contributed by atoms with Crippen molar-refractivity contribution in [1.82, 2.24) is 4.98 Å². The van der Waals surface area contributed by atoms with Crippen LogP contribution in [-0.2, 0) is 11.3 Å². The average molecular weight is 323 g/mol. The fourth-order valence-electron chi connectivity index (χ4n) is 3.13. The molecule has 0 aliphatic rings. The normalized spacial score (nSPS) is 10.8. The summed E-state index contributed by atoms with van der Waals surface area (Å²) in [6, 6.07) is 24.9. The molecule has 0 atom stereocenters. The Balaban J connectivity index is 1.97. The molecule has 0 aliphatic heterocycles. The molecule has 3 aromatic carbocycles. The maximum Gasteiger partial charge on any atom is 0.107 e. The first-order chi connectivity index (χ1) is 12.4. The second-order valence-corrected chi connectivity index (χ2v) is 5.91. The van der Waals surface area contributed by atoms with Crippen LogP contribution in [0.4, 0.5) is 0 Å². The van der Waals surface area contributed by atoms with Crippen molar-refractivity contribution in [3.8, 4) is 23.6 Å². The summed E-state index contributed by atoms with van der Waals surface area (Å²) in [5, 5.41) is 3.44. The van der Waals surface area contributed by atoms with E-state index in [1.807, 2.05) is 30.3 Å². The number of nitrogens with zero attached hydrogens (tertiary/aromatic N) is 1. The quantitative estimate of drug-likeness (QED) is 0.292. The number of benzene rings is 3. The first-order valence-corrected chi connectivity index (χ1v) is 8.25. The Morgan fingerprint density at radius 3 is 2.52 bits per heavy atom. The fraction of sp³-hybridized carbons (Fsp3) is 0.0870. The molecule has 2 nitrogen and oxygen atoms in total. The van der Waals surface area contributed by atoms with Crippen molar-refractivity contribution in [2.75, 3.05) is 6.61 Å². The SMILES string of the molecule is C#CCOCc1cc(-c2ccccc2)nc2c1ccc1ccccc12. The molecule has 1 aromatic heterocycles. The van der Waals surface area contributed by atoms with Gasteiger partial charge in [-0.25, -0.2) is 4.98 Å². The van der Waals surface area contributed by atoms with Crippen LogP contribution in [0.25, 0.3) is 32.9 Å². The summed E-state index contributed by atoms with van der Waals surface area (Å²) in [7, 11) is 0. The Labute approximate surface area is 147 Å². The van der Waals surface area contributed by atoms with Crippen molar-refractivity contribution in [3.05, 3.63) is 78.4 Å². The molecule has 0 fully saturated rings. The van der Waals surface area contributed by atoms with Crippen LogP contribution in [0.15, 0.2) is 72.8 Å². The van der Waals surface area contributed by atoms with Crippen LogP contribution in [0, 0.1) is 12.3 Å². The van der Waals surface area contributed by atoms with Crippen molar-refractivity contribution in [2.24, 2.45) is 0 Å². The molecule has 0 aliphatic carbocycles. The summed E-state index contributed by atoms with van der Waals surface area (Å²) in [5.74, 6) is 2.52. The number of terminal acetylenes is 1. The number of aromatic nitrogens is 1. The summed E-state index contributed by atoms with van der Waals surface area (Å²) in [6.07, 6.45) is 5.31. The summed E-state index contributed by atoms with van der Waals surface area (Å²) >= 11 is 0. The minimum atomic E-state index is 0.304. The molecule has 2 heteroatoms. The van der Waals surface area contributed by atoms with Gasteiger partial charge in [-0.1, -0.05) is 72.7 Å². The summed E-state index contributed by atoms with van der Waals surface area (Å²) in [4.78, 5) is 4.97. The van der Waals surface area contributed by atoms with Crippen LogP contribution < -0.4 is 0 Å². The van der Waals surface area contributed by atoms with E-state index >= 15 is 0 Å². The molecule has 0 N–H and O–H groups in total. The van der Waals surface area contributed by atoms with E-state index in [-0.39, 0.29) is 0 Å². The maximum absolute atomic E-state index is 5.62. The van der Waals surface area contributed by atoms with Crippen LogP contribution in [0.1, 0.15) is 5.56 Å². The number of pyridine rings is 1. The van der Waals surface area contributed by atoms with Gasteiger partial charge in [-0.15, -0.1) is 6.42 Å². The molecule has 0 radical (unpaired) electrons. The Hall–Kier alpha value is -3.15. The second-order valence-electron chi connectivity index (χ2n) is 5.91. The monoisotopic (exact) mass is 323 g/mol. The third-order valence-electron chi connectivity index (χ3n) is 4.30. The van der Waals surface area contributed by atoms with E-state index in [1.165, 1.54) is 5.39 Å². The van der Waals surface area contributed by atoms with Gasteiger partial charge in [-0.05, 0) is 17.0 Å². The Bertz CT molecular complexity index is 1080. The van der Waals surface area contributed by atoms with Gasteiger partial charge in [0.1, 0.15) is 6.61 Å². The highest BCUT2D eigenvalue weighted by Gasteiger charge is 2.10. The smallest absolute Gasteiger partial charge is 0.107 e. The van der Waals surface area contributed by atoms with E-state index < -0.39 is 0 Å². The lowest BCUT2D eigenvalue weighted by Crippen LogP contribution is -1.97. The second kappa shape index (κ2) is 6.76. The predicted octanol–water partition coefficient (Wildman–Crippen LogP) is 5.20. The van der Waals surface area contributed by atoms with Gasteiger partial charge in [-0.2, -0.15) is 0 Å². The predicted molar refractivity (Wildman–Crippen MR) is 103 cm³/mol. The van der Waals surface area contributed by atoms with E-state index in [9.17, 15) is 0 Å². The molecule has 0 spiro atoms. The van der Waals surface area contributed by atoms with Gasteiger partial charge in [-0.3, -0.25) is 0 Å². The number of ether oxygens (including phenoxy) is 1. The van der Waals surface area contributed by atoms with Crippen LogP contribution in [0.2, 0.25) is 0 Å². The van der Waals surface area contributed by atoms with Gasteiger partial charge in [0, 0.05) is 16.3 Å². The molecule has 4 aromatic rings. The van der Waals surface area contributed by atoms with E-state index in [2.05, 4.69) is 48.4 Å². The van der Waals surface area contributed by atoms with Crippen LogP contribution in [-0.4, -0.2) is 11.6 Å². The molecule has 0 saturated carbocycles. The highest BCUT2D eigenvalue weighted by atomic mass is 16.5. The van der Waals surface area contributed by atoms with Gasteiger partial charge in [0.2, 0.25) is 0 Å². The first-order valence-electron chi connectivity index (χ1n) is 8.25. The van der Waals surface area contributed by atoms with Gasteiger partial charge in [0.05, 0.1) is 17.8 Å². The Kier molecular flexibility index (Phi) is 4.16. The Morgan fingerprint density at radius 2 is 1.68 bits per heavy atom. The molecule has 0 saturated heterocycles. The topological polar surface area (TPSA) is 22.1 Å². The van der Waals surface area contributed by atoms with E-state index in [0.717, 1.165) is 33.1 Å². The lowest BCUT2D eigenvalue weighted by atomic mass is 10.0. The largest absolute Gasteiger partial charge is 0.364 e. The van der Waals surface area contributed by atoms with Crippen molar-refractivity contribution in [2.45, 2.75) is 6.61 Å². The van der Waals surface area contributed by atoms with Crippen LogP contribution >= 0.6 is 0 Å². The zero-order valence-electron chi connectivity index (χ0n) is 13.8. The molecule has 0 bridgehead atoms. The molecule has 25 heavy (non-hydrogen) atoms. The number of hydrogen-bond donors (Lipinski definition) is 0. The molecular formula is C23H17NO. The maximum atomic E-state index is 5.62. The Morgan fingerprint density at radius 1 is 0.880 bits per heavy atom. The number of rotatable bonds is 4. The van der Waals surface area contributed by atoms with E-state index in [4.69, 9.17) is 16.1 Å². The summed E-state index contributed by atoms with van der Waals surface area (Å²) in [6.45, 7) is 0.777. The van der Waals surface area contributed by atoms with Crippen LogP contribution in [0.3, 0.4) is 0 Å². The van der Waals surface area contributed by atoms with Gasteiger partial charge >= 0.3 is 0 Å². The first kappa shape index (κ1) is 15.4. The van der Waals surface area contributed by atoms with Crippen molar-refractivity contribution in [3.63, 3.8) is 0 Å². The minimum Gasteiger partial charge on any atom is -0.364 e. The highest BCUT2D eigenvalue weighted by Crippen LogP contribution is 2.30. The molecule has 0 unspecified atom stereocenters. The third-order valence-corrected chi connectivity index (χ3v) is 4.30. The zero-order chi connectivity index (χ0) is 17.1. The van der Waals surface area contributed by atoms with Gasteiger partial charge in [0.15, 0.2) is 0 Å². The molecule has 120 valence electrons. The van der Waals surface area contributed by atoms with Crippen molar-refractivity contribution >= 4 is 21.7 Å².